The number of hydrogen-bond donors (Lipinski definition) is 0. The standard InChI is InChI=1S/C10H12O4/c1-7(11)13-9-5-3-4-6-10(9)14-8(2)12/h3,5H,4,6H2,1-2H3. The number of esters is 2. The Kier molecular flexibility index (Phi) is 3.45. The fourth-order valence-electron chi connectivity index (χ4n) is 1.14. The summed E-state index contributed by atoms with van der Waals surface area (Å²) >= 11 is 0. The van der Waals surface area contributed by atoms with E-state index in [1.165, 1.54) is 13.8 Å². The van der Waals surface area contributed by atoms with Gasteiger partial charge >= 0.3 is 11.9 Å². The molecule has 0 aliphatic heterocycles. The second-order valence-electron chi connectivity index (χ2n) is 2.92. The molecule has 0 amide bonds. The van der Waals surface area contributed by atoms with Crippen molar-refractivity contribution in [3.8, 4) is 0 Å². The molecule has 0 aromatic carbocycles. The zero-order valence-corrected chi connectivity index (χ0v) is 8.20. The molecule has 0 atom stereocenters. The van der Waals surface area contributed by atoms with Crippen molar-refractivity contribution in [1.82, 2.24) is 0 Å². The lowest BCUT2D eigenvalue weighted by molar-refractivity contribution is -0.141. The monoisotopic (exact) mass is 196 g/mol. The summed E-state index contributed by atoms with van der Waals surface area (Å²) in [6.45, 7) is 2.62. The summed E-state index contributed by atoms with van der Waals surface area (Å²) in [6.07, 6.45) is 4.88. The Bertz CT molecular complexity index is 312. The number of carbonyl (C=O) groups is 2. The summed E-state index contributed by atoms with van der Waals surface area (Å²) in [5.41, 5.74) is 0. The molecule has 76 valence electrons. The molecule has 0 heterocycles. The Morgan fingerprint density at radius 3 is 2.43 bits per heavy atom. The van der Waals surface area contributed by atoms with E-state index in [2.05, 4.69) is 0 Å². The van der Waals surface area contributed by atoms with Gasteiger partial charge in [-0.15, -0.1) is 0 Å². The minimum absolute atomic E-state index is 0.332. The SMILES string of the molecule is CC(=O)OC1=C(OC(C)=O)CCC=C1. The van der Waals surface area contributed by atoms with Gasteiger partial charge < -0.3 is 9.47 Å². The van der Waals surface area contributed by atoms with Crippen molar-refractivity contribution in [1.29, 1.82) is 0 Å². The van der Waals surface area contributed by atoms with Crippen LogP contribution in [-0.4, -0.2) is 11.9 Å². The van der Waals surface area contributed by atoms with Crippen molar-refractivity contribution in [2.45, 2.75) is 26.7 Å². The summed E-state index contributed by atoms with van der Waals surface area (Å²) in [4.78, 5) is 21.4. The molecule has 0 bridgehead atoms. The fourth-order valence-corrected chi connectivity index (χ4v) is 1.14. The number of carbonyl (C=O) groups excluding carboxylic acids is 2. The van der Waals surface area contributed by atoms with E-state index in [0.29, 0.717) is 17.9 Å². The van der Waals surface area contributed by atoms with E-state index in [-0.39, 0.29) is 0 Å². The summed E-state index contributed by atoms with van der Waals surface area (Å²) in [5, 5.41) is 0. The van der Waals surface area contributed by atoms with E-state index in [1.807, 2.05) is 6.08 Å². The Morgan fingerprint density at radius 1 is 1.21 bits per heavy atom. The van der Waals surface area contributed by atoms with Gasteiger partial charge in [-0.2, -0.15) is 0 Å². The third kappa shape index (κ3) is 3.05. The molecule has 0 radical (unpaired) electrons. The molecule has 0 spiro atoms. The van der Waals surface area contributed by atoms with Gasteiger partial charge in [-0.3, -0.25) is 9.59 Å². The number of hydrogen-bond acceptors (Lipinski definition) is 4. The van der Waals surface area contributed by atoms with Crippen molar-refractivity contribution < 1.29 is 19.1 Å². The van der Waals surface area contributed by atoms with E-state index in [1.54, 1.807) is 6.08 Å². The van der Waals surface area contributed by atoms with Crippen molar-refractivity contribution in [3.05, 3.63) is 23.7 Å². The zero-order chi connectivity index (χ0) is 10.6. The topological polar surface area (TPSA) is 52.6 Å². The van der Waals surface area contributed by atoms with E-state index in [9.17, 15) is 9.59 Å². The van der Waals surface area contributed by atoms with Gasteiger partial charge in [0.05, 0.1) is 0 Å². The second kappa shape index (κ2) is 4.60. The van der Waals surface area contributed by atoms with Crippen molar-refractivity contribution in [2.75, 3.05) is 0 Å². The lowest BCUT2D eigenvalue weighted by atomic mass is 10.1. The molecule has 0 unspecified atom stereocenters. The van der Waals surface area contributed by atoms with Gasteiger partial charge in [-0.25, -0.2) is 0 Å². The minimum Gasteiger partial charge on any atom is -0.427 e. The maximum Gasteiger partial charge on any atom is 0.308 e. The Labute approximate surface area is 82.2 Å². The molecular formula is C10H12O4. The highest BCUT2D eigenvalue weighted by Crippen LogP contribution is 2.21. The predicted octanol–water partition coefficient (Wildman–Crippen LogP) is 1.67. The van der Waals surface area contributed by atoms with E-state index < -0.39 is 11.9 Å². The van der Waals surface area contributed by atoms with E-state index >= 15 is 0 Å². The van der Waals surface area contributed by atoms with Crippen LogP contribution < -0.4 is 0 Å². The van der Waals surface area contributed by atoms with Gasteiger partial charge in [0.2, 0.25) is 0 Å². The lowest BCUT2D eigenvalue weighted by Gasteiger charge is -2.13. The second-order valence-corrected chi connectivity index (χ2v) is 2.92. The molecule has 0 saturated carbocycles. The first-order chi connectivity index (χ1) is 6.59. The fraction of sp³-hybridized carbons (Fsp3) is 0.400. The van der Waals surface area contributed by atoms with E-state index in [4.69, 9.17) is 9.47 Å². The smallest absolute Gasteiger partial charge is 0.308 e. The summed E-state index contributed by atoms with van der Waals surface area (Å²) in [5.74, 6) is -0.0645. The molecule has 0 fully saturated rings. The van der Waals surface area contributed by atoms with Crippen LogP contribution in [0.5, 0.6) is 0 Å². The van der Waals surface area contributed by atoms with Crippen molar-refractivity contribution in [3.63, 3.8) is 0 Å². The van der Waals surface area contributed by atoms with Crippen LogP contribution in [0.25, 0.3) is 0 Å². The minimum atomic E-state index is -0.420. The normalized spacial score (nSPS) is 15.3. The quantitative estimate of drug-likeness (QED) is 0.630. The maximum absolute atomic E-state index is 10.7. The van der Waals surface area contributed by atoms with Gasteiger partial charge in [0.15, 0.2) is 11.5 Å². The molecule has 0 aromatic rings. The van der Waals surface area contributed by atoms with Gasteiger partial charge in [-0.05, 0) is 12.5 Å². The zero-order valence-electron chi connectivity index (χ0n) is 8.20. The van der Waals surface area contributed by atoms with Crippen LogP contribution >= 0.6 is 0 Å². The van der Waals surface area contributed by atoms with Crippen molar-refractivity contribution in [2.24, 2.45) is 0 Å². The number of rotatable bonds is 2. The average molecular weight is 196 g/mol. The van der Waals surface area contributed by atoms with Gasteiger partial charge in [-0.1, -0.05) is 6.08 Å². The molecular weight excluding hydrogens is 184 g/mol. The largest absolute Gasteiger partial charge is 0.427 e. The highest BCUT2D eigenvalue weighted by molar-refractivity contribution is 5.69. The Morgan fingerprint density at radius 2 is 1.86 bits per heavy atom. The summed E-state index contributed by atoms with van der Waals surface area (Å²) < 4.78 is 9.80. The molecule has 4 nitrogen and oxygen atoms in total. The summed E-state index contributed by atoms with van der Waals surface area (Å²) in [7, 11) is 0. The van der Waals surface area contributed by atoms with Crippen molar-refractivity contribution >= 4 is 11.9 Å². The number of ether oxygens (including phenoxy) is 2. The van der Waals surface area contributed by atoms with Crippen LogP contribution in [0.2, 0.25) is 0 Å². The Hall–Kier alpha value is -1.58. The van der Waals surface area contributed by atoms with Gasteiger partial charge in [0.25, 0.3) is 0 Å². The third-order valence-electron chi connectivity index (χ3n) is 1.60. The summed E-state index contributed by atoms with van der Waals surface area (Å²) in [6, 6.07) is 0. The first kappa shape index (κ1) is 10.5. The van der Waals surface area contributed by atoms with E-state index in [0.717, 1.165) is 6.42 Å². The maximum atomic E-state index is 10.7. The molecule has 0 N–H and O–H groups in total. The van der Waals surface area contributed by atoms with Crippen LogP contribution in [0.15, 0.2) is 23.7 Å². The molecule has 1 rings (SSSR count). The van der Waals surface area contributed by atoms with Crippen LogP contribution in [0.1, 0.15) is 26.7 Å². The molecule has 1 aliphatic carbocycles. The average Bonchev–Trinajstić information content (AvgIpc) is 2.06. The predicted molar refractivity (Wildman–Crippen MR) is 48.9 cm³/mol. The van der Waals surface area contributed by atoms with Crippen LogP contribution in [0.3, 0.4) is 0 Å². The third-order valence-corrected chi connectivity index (χ3v) is 1.60. The number of allylic oxidation sites excluding steroid dienone is 3. The highest BCUT2D eigenvalue weighted by Gasteiger charge is 2.14. The van der Waals surface area contributed by atoms with Gasteiger partial charge in [0.1, 0.15) is 0 Å². The lowest BCUT2D eigenvalue weighted by Crippen LogP contribution is -2.08. The first-order valence-electron chi connectivity index (χ1n) is 4.36. The van der Waals surface area contributed by atoms with Crippen LogP contribution in [0, 0.1) is 0 Å². The van der Waals surface area contributed by atoms with Crippen LogP contribution in [0.4, 0.5) is 0 Å². The molecule has 0 saturated heterocycles. The molecule has 0 aromatic heterocycles. The van der Waals surface area contributed by atoms with Gasteiger partial charge in [0, 0.05) is 20.3 Å². The first-order valence-corrected chi connectivity index (χ1v) is 4.36. The molecule has 4 heteroatoms. The molecule has 1 aliphatic rings. The molecule has 14 heavy (non-hydrogen) atoms. The Balaban J connectivity index is 2.80. The highest BCUT2D eigenvalue weighted by atomic mass is 16.6. The van der Waals surface area contributed by atoms with Crippen LogP contribution in [-0.2, 0) is 19.1 Å².